The molecule has 2 heterocycles. The maximum Gasteiger partial charge on any atom is 0.250 e. The molecule has 1 aliphatic rings. The zero-order valence-corrected chi connectivity index (χ0v) is 14.6. The lowest BCUT2D eigenvalue weighted by atomic mass is 10.2. The molecule has 0 spiro atoms. The van der Waals surface area contributed by atoms with Crippen molar-refractivity contribution in [1.82, 2.24) is 25.8 Å². The Hall–Kier alpha value is -1.48. The molecule has 124 valence electrons. The van der Waals surface area contributed by atoms with Crippen LogP contribution < -0.4 is 10.6 Å². The van der Waals surface area contributed by atoms with Gasteiger partial charge in [0, 0.05) is 23.1 Å². The molecule has 1 aromatic carbocycles. The molecule has 3 rings (SSSR count). The highest BCUT2D eigenvalue weighted by Crippen LogP contribution is 2.18. The number of carbonyl (C=O) groups is 1. The maximum absolute atomic E-state index is 11.9. The van der Waals surface area contributed by atoms with E-state index in [9.17, 15) is 4.79 Å². The second-order valence-electron chi connectivity index (χ2n) is 4.89. The predicted octanol–water partition coefficient (Wildman–Crippen LogP) is 1.26. The van der Waals surface area contributed by atoms with Crippen LogP contribution in [0.25, 0.3) is 11.4 Å². The molecular weight excluding hydrogens is 386 g/mol. The fourth-order valence-corrected chi connectivity index (χ4v) is 2.39. The van der Waals surface area contributed by atoms with Crippen molar-refractivity contribution in [3.8, 4) is 11.4 Å². The normalized spacial score (nSPS) is 17.3. The number of aromatic nitrogens is 3. The smallest absolute Gasteiger partial charge is 0.250 e. The minimum Gasteiger partial charge on any atom is -0.366 e. The first-order chi connectivity index (χ1) is 10.7. The number of halogens is 2. The molecule has 1 fully saturated rings. The molecule has 0 saturated carbocycles. The summed E-state index contributed by atoms with van der Waals surface area (Å²) in [4.78, 5) is 16.3. The van der Waals surface area contributed by atoms with Crippen LogP contribution >= 0.6 is 28.3 Å². The Morgan fingerprint density at radius 2 is 2.17 bits per heavy atom. The van der Waals surface area contributed by atoms with E-state index < -0.39 is 6.10 Å². The van der Waals surface area contributed by atoms with Gasteiger partial charge in [0.2, 0.25) is 0 Å². The summed E-state index contributed by atoms with van der Waals surface area (Å²) in [6, 6.07) is 7.72. The number of hydrogen-bond acceptors (Lipinski definition) is 5. The zero-order chi connectivity index (χ0) is 15.4. The second-order valence-corrected chi connectivity index (χ2v) is 5.81. The van der Waals surface area contributed by atoms with E-state index in [4.69, 9.17) is 4.74 Å². The number of carbonyl (C=O) groups excluding carboxylic acids is 1. The molecule has 0 radical (unpaired) electrons. The first-order valence-corrected chi connectivity index (χ1v) is 7.79. The van der Waals surface area contributed by atoms with Crippen molar-refractivity contribution >= 4 is 34.2 Å². The molecule has 0 aliphatic carbocycles. The average Bonchev–Trinajstić information content (AvgIpc) is 3.03. The van der Waals surface area contributed by atoms with Gasteiger partial charge >= 0.3 is 0 Å². The SMILES string of the molecule is Cl.O=C(NCc1nc(-c2ccc(Br)cc2)n[nH]1)C1CNCCO1. The van der Waals surface area contributed by atoms with Gasteiger partial charge in [0.1, 0.15) is 11.9 Å². The van der Waals surface area contributed by atoms with Crippen LogP contribution in [0.1, 0.15) is 5.82 Å². The molecular formula is C14H17BrClN5O2. The molecule has 1 atom stereocenters. The quantitative estimate of drug-likeness (QED) is 0.716. The van der Waals surface area contributed by atoms with E-state index in [0.717, 1.165) is 16.6 Å². The topological polar surface area (TPSA) is 91.9 Å². The highest BCUT2D eigenvalue weighted by Gasteiger charge is 2.21. The Labute approximate surface area is 148 Å². The number of ether oxygens (including phenoxy) is 1. The van der Waals surface area contributed by atoms with Crippen molar-refractivity contribution in [1.29, 1.82) is 0 Å². The summed E-state index contributed by atoms with van der Waals surface area (Å²) in [6.07, 6.45) is -0.442. The predicted molar refractivity (Wildman–Crippen MR) is 91.2 cm³/mol. The van der Waals surface area contributed by atoms with E-state index in [1.54, 1.807) is 0 Å². The number of rotatable bonds is 4. The Kier molecular flexibility index (Phi) is 6.52. The lowest BCUT2D eigenvalue weighted by Crippen LogP contribution is -2.47. The van der Waals surface area contributed by atoms with Crippen molar-refractivity contribution < 1.29 is 9.53 Å². The highest BCUT2D eigenvalue weighted by molar-refractivity contribution is 9.10. The average molecular weight is 403 g/mol. The number of nitrogens with one attached hydrogen (secondary N) is 3. The molecule has 1 aliphatic heterocycles. The third-order valence-electron chi connectivity index (χ3n) is 3.28. The minimum absolute atomic E-state index is 0. The molecule has 23 heavy (non-hydrogen) atoms. The third-order valence-corrected chi connectivity index (χ3v) is 3.81. The summed E-state index contributed by atoms with van der Waals surface area (Å²) in [5, 5.41) is 12.9. The van der Waals surface area contributed by atoms with E-state index in [1.807, 2.05) is 24.3 Å². The molecule has 7 nitrogen and oxygen atoms in total. The van der Waals surface area contributed by atoms with Gasteiger partial charge in [-0.2, -0.15) is 5.10 Å². The van der Waals surface area contributed by atoms with Crippen LogP contribution in [-0.2, 0) is 16.1 Å². The van der Waals surface area contributed by atoms with E-state index in [1.165, 1.54) is 0 Å². The maximum atomic E-state index is 11.9. The van der Waals surface area contributed by atoms with Crippen LogP contribution in [0.5, 0.6) is 0 Å². The van der Waals surface area contributed by atoms with Crippen LogP contribution in [0.4, 0.5) is 0 Å². The number of hydrogen-bond donors (Lipinski definition) is 3. The number of amides is 1. The summed E-state index contributed by atoms with van der Waals surface area (Å²) < 4.78 is 6.39. The van der Waals surface area contributed by atoms with Gasteiger partial charge in [-0.15, -0.1) is 12.4 Å². The molecule has 1 saturated heterocycles. The Morgan fingerprint density at radius 1 is 1.39 bits per heavy atom. The van der Waals surface area contributed by atoms with E-state index >= 15 is 0 Å². The van der Waals surface area contributed by atoms with Crippen molar-refractivity contribution in [2.24, 2.45) is 0 Å². The molecule has 9 heteroatoms. The summed E-state index contributed by atoms with van der Waals surface area (Å²) in [5.74, 6) is 1.07. The molecule has 0 bridgehead atoms. The first kappa shape index (κ1) is 17.9. The van der Waals surface area contributed by atoms with Gasteiger partial charge in [0.25, 0.3) is 5.91 Å². The van der Waals surface area contributed by atoms with Crippen LogP contribution in [-0.4, -0.2) is 46.9 Å². The zero-order valence-electron chi connectivity index (χ0n) is 12.2. The van der Waals surface area contributed by atoms with Gasteiger partial charge in [-0.3, -0.25) is 9.89 Å². The molecule has 1 amide bonds. The van der Waals surface area contributed by atoms with Crippen molar-refractivity contribution in [2.75, 3.05) is 19.7 Å². The summed E-state index contributed by atoms with van der Waals surface area (Å²) in [7, 11) is 0. The monoisotopic (exact) mass is 401 g/mol. The van der Waals surface area contributed by atoms with Crippen LogP contribution in [0.15, 0.2) is 28.7 Å². The molecule has 1 unspecified atom stereocenters. The van der Waals surface area contributed by atoms with Crippen LogP contribution in [0.3, 0.4) is 0 Å². The minimum atomic E-state index is -0.442. The Balaban J connectivity index is 0.00000192. The van der Waals surface area contributed by atoms with Gasteiger partial charge in [0.05, 0.1) is 13.2 Å². The fourth-order valence-electron chi connectivity index (χ4n) is 2.12. The third kappa shape index (κ3) is 4.74. The van der Waals surface area contributed by atoms with Crippen molar-refractivity contribution in [3.05, 3.63) is 34.6 Å². The van der Waals surface area contributed by atoms with Crippen LogP contribution in [0, 0.1) is 0 Å². The second kappa shape index (κ2) is 8.39. The van der Waals surface area contributed by atoms with Gasteiger partial charge in [-0.1, -0.05) is 28.1 Å². The number of H-pyrrole nitrogens is 1. The first-order valence-electron chi connectivity index (χ1n) is 6.99. The number of morpholine rings is 1. The van der Waals surface area contributed by atoms with E-state index in [2.05, 4.69) is 41.7 Å². The standard InChI is InChI=1S/C14H16BrN5O2.ClH/c15-10-3-1-9(2-4-10)13-18-12(19-20-13)8-17-14(21)11-7-16-5-6-22-11;/h1-4,11,16H,5-8H2,(H,17,21)(H,18,19,20);1H. The largest absolute Gasteiger partial charge is 0.366 e. The van der Waals surface area contributed by atoms with E-state index in [-0.39, 0.29) is 18.3 Å². The lowest BCUT2D eigenvalue weighted by molar-refractivity contribution is -0.134. The van der Waals surface area contributed by atoms with Gasteiger partial charge in [-0.25, -0.2) is 4.98 Å². The fraction of sp³-hybridized carbons (Fsp3) is 0.357. The Bertz CT molecular complexity index is 643. The highest BCUT2D eigenvalue weighted by atomic mass is 79.9. The Morgan fingerprint density at radius 3 is 2.87 bits per heavy atom. The van der Waals surface area contributed by atoms with E-state index in [0.29, 0.717) is 31.3 Å². The molecule has 3 N–H and O–H groups in total. The van der Waals surface area contributed by atoms with Crippen LogP contribution in [0.2, 0.25) is 0 Å². The van der Waals surface area contributed by atoms with Crippen molar-refractivity contribution in [3.63, 3.8) is 0 Å². The summed E-state index contributed by atoms with van der Waals surface area (Å²) in [6.45, 7) is 2.16. The lowest BCUT2D eigenvalue weighted by Gasteiger charge is -2.22. The molecule has 1 aromatic heterocycles. The van der Waals surface area contributed by atoms with Crippen molar-refractivity contribution in [2.45, 2.75) is 12.6 Å². The number of aromatic amines is 1. The van der Waals surface area contributed by atoms with Gasteiger partial charge < -0.3 is 15.4 Å². The summed E-state index contributed by atoms with van der Waals surface area (Å²) >= 11 is 3.39. The molecule has 2 aromatic rings. The van der Waals surface area contributed by atoms with Gasteiger partial charge in [-0.05, 0) is 12.1 Å². The number of benzene rings is 1. The summed E-state index contributed by atoms with van der Waals surface area (Å²) in [5.41, 5.74) is 0.914. The number of nitrogens with zero attached hydrogens (tertiary/aromatic N) is 2. The van der Waals surface area contributed by atoms with Gasteiger partial charge in [0.15, 0.2) is 5.82 Å².